The summed E-state index contributed by atoms with van der Waals surface area (Å²) in [6, 6.07) is 16.8. The second-order valence-corrected chi connectivity index (χ2v) is 16.9. The van der Waals surface area contributed by atoms with E-state index in [1.807, 2.05) is 54.5 Å². The zero-order chi connectivity index (χ0) is 41.0. The molecule has 59 heavy (non-hydrogen) atoms. The van der Waals surface area contributed by atoms with Crippen molar-refractivity contribution in [3.05, 3.63) is 113 Å². The van der Waals surface area contributed by atoms with Crippen LogP contribution in [0.4, 0.5) is 4.39 Å². The number of hydrogen-bond donors (Lipinski definition) is 4. The number of ether oxygens (including phenoxy) is 2. The molecule has 13 heteroatoms. The van der Waals surface area contributed by atoms with Crippen LogP contribution in [-0.4, -0.2) is 101 Å². The van der Waals surface area contributed by atoms with E-state index in [2.05, 4.69) is 81.1 Å². The van der Waals surface area contributed by atoms with Crippen molar-refractivity contribution >= 4 is 11.8 Å². The third-order valence-electron chi connectivity index (χ3n) is 12.1. The Morgan fingerprint density at radius 2 is 1.73 bits per heavy atom. The van der Waals surface area contributed by atoms with Gasteiger partial charge >= 0.3 is 0 Å². The highest BCUT2D eigenvalue weighted by Crippen LogP contribution is 2.33. The normalized spacial score (nSPS) is 26.0. The van der Waals surface area contributed by atoms with Crippen molar-refractivity contribution < 1.29 is 23.5 Å². The van der Waals surface area contributed by atoms with Gasteiger partial charge in [-0.25, -0.2) is 9.37 Å². The molecule has 1 saturated carbocycles. The first-order valence-corrected chi connectivity index (χ1v) is 21.1. The summed E-state index contributed by atoms with van der Waals surface area (Å²) in [6.45, 7) is 14.7. The fraction of sp³-hybridized carbons (Fsp3) is 0.457. The standard InChI is InChI=1S/C46H57FN8O4/c1-29-23-53(24-30(2)49-29)25-33-11-16-40(35(19-33)26-54-17-18-58-28-32(54)4)34-8-6-9-39(20-34)59-46-41(21-36(47)22-48-46)44(56)50-37-12-14-38(15-13-37)51-45(57)42-27-55-31(3)7-5-10-43(55)52-42/h5-11,16,19-22,27,29-30,32,37-38,43,49,52H,12-15,17-18,23-26,28H2,1-4H3,(H,50,56)(H,51,57). The minimum atomic E-state index is -0.623. The van der Waals surface area contributed by atoms with Gasteiger partial charge in [0.1, 0.15) is 29.0 Å². The predicted octanol–water partition coefficient (Wildman–Crippen LogP) is 5.79. The number of fused-ring (bicyclic) bond motifs is 1. The molecule has 5 heterocycles. The molecule has 12 nitrogen and oxygen atoms in total. The van der Waals surface area contributed by atoms with Crippen LogP contribution in [-0.2, 0) is 22.6 Å². The maximum absolute atomic E-state index is 14.6. The van der Waals surface area contributed by atoms with Crippen LogP contribution in [0.2, 0.25) is 0 Å². The van der Waals surface area contributed by atoms with Crippen molar-refractivity contribution in [2.24, 2.45) is 0 Å². The number of carbonyl (C=O) groups excluding carboxylic acids is 2. The highest BCUT2D eigenvalue weighted by molar-refractivity contribution is 5.96. The first-order valence-electron chi connectivity index (χ1n) is 21.1. The molecule has 0 radical (unpaired) electrons. The van der Waals surface area contributed by atoms with E-state index >= 15 is 0 Å². The number of benzene rings is 2. The monoisotopic (exact) mass is 804 g/mol. The molecule has 8 rings (SSSR count). The number of nitrogens with one attached hydrogen (secondary N) is 4. The fourth-order valence-corrected chi connectivity index (χ4v) is 9.08. The lowest BCUT2D eigenvalue weighted by Gasteiger charge is -2.36. The summed E-state index contributed by atoms with van der Waals surface area (Å²) in [4.78, 5) is 38.1. The van der Waals surface area contributed by atoms with Crippen LogP contribution in [0.15, 0.2) is 90.5 Å². The van der Waals surface area contributed by atoms with E-state index in [1.165, 1.54) is 17.2 Å². The molecule has 2 aromatic carbocycles. The highest BCUT2D eigenvalue weighted by Gasteiger charge is 2.31. The van der Waals surface area contributed by atoms with Crippen LogP contribution < -0.4 is 26.0 Å². The second-order valence-electron chi connectivity index (χ2n) is 16.9. The van der Waals surface area contributed by atoms with Crippen molar-refractivity contribution in [1.82, 2.24) is 41.0 Å². The van der Waals surface area contributed by atoms with Crippen molar-refractivity contribution in [2.45, 2.75) is 103 Å². The van der Waals surface area contributed by atoms with Gasteiger partial charge in [-0.1, -0.05) is 36.4 Å². The van der Waals surface area contributed by atoms with E-state index in [9.17, 15) is 14.0 Å². The number of pyridine rings is 1. The Morgan fingerprint density at radius 3 is 2.47 bits per heavy atom. The maximum Gasteiger partial charge on any atom is 0.269 e. The van der Waals surface area contributed by atoms with Crippen LogP contribution in [0.1, 0.15) is 74.9 Å². The lowest BCUT2D eigenvalue weighted by atomic mass is 9.91. The number of allylic oxidation sites excluding steroid dienone is 3. The fourth-order valence-electron chi connectivity index (χ4n) is 9.08. The molecule has 2 amide bonds. The van der Waals surface area contributed by atoms with Gasteiger partial charge in [-0.2, -0.15) is 0 Å². The number of hydrogen-bond acceptors (Lipinski definition) is 10. The van der Waals surface area contributed by atoms with Gasteiger partial charge in [-0.15, -0.1) is 0 Å². The number of amides is 2. The van der Waals surface area contributed by atoms with Crippen molar-refractivity contribution in [3.63, 3.8) is 0 Å². The number of halogens is 1. The minimum absolute atomic E-state index is 0.0148. The zero-order valence-electron chi connectivity index (χ0n) is 34.5. The zero-order valence-corrected chi connectivity index (χ0v) is 34.5. The Hall–Kier alpha value is -5.08. The van der Waals surface area contributed by atoms with Gasteiger partial charge in [0, 0.05) is 74.8 Å². The molecule has 2 saturated heterocycles. The summed E-state index contributed by atoms with van der Waals surface area (Å²) in [5.41, 5.74) is 6.22. The summed E-state index contributed by atoms with van der Waals surface area (Å²) in [6.07, 6.45) is 11.6. The first kappa shape index (κ1) is 40.7. The van der Waals surface area contributed by atoms with Gasteiger partial charge in [-0.3, -0.25) is 19.4 Å². The van der Waals surface area contributed by atoms with Crippen LogP contribution in [0, 0.1) is 5.82 Å². The molecule has 0 spiro atoms. The molecular weight excluding hydrogens is 748 g/mol. The van der Waals surface area contributed by atoms with E-state index < -0.39 is 11.7 Å². The molecule has 0 bridgehead atoms. The predicted molar refractivity (Wildman–Crippen MR) is 226 cm³/mol. The highest BCUT2D eigenvalue weighted by atomic mass is 19.1. The summed E-state index contributed by atoms with van der Waals surface area (Å²) in [5.74, 6) is -0.681. The molecule has 1 aliphatic carbocycles. The third kappa shape index (κ3) is 9.87. The summed E-state index contributed by atoms with van der Waals surface area (Å²) < 4.78 is 26.7. The molecule has 1 aromatic heterocycles. The molecule has 3 aromatic rings. The number of piperazine rings is 1. The lowest BCUT2D eigenvalue weighted by molar-refractivity contribution is -0.118. The van der Waals surface area contributed by atoms with Crippen molar-refractivity contribution in [1.29, 1.82) is 0 Å². The van der Waals surface area contributed by atoms with Gasteiger partial charge in [0.2, 0.25) is 5.88 Å². The van der Waals surface area contributed by atoms with Gasteiger partial charge in [0.05, 0.1) is 19.4 Å². The Bertz CT molecular complexity index is 2110. The molecule has 5 aliphatic rings. The topological polar surface area (TPSA) is 123 Å². The minimum Gasteiger partial charge on any atom is -0.438 e. The Kier molecular flexibility index (Phi) is 12.4. The summed E-state index contributed by atoms with van der Waals surface area (Å²) >= 11 is 0. The maximum atomic E-state index is 14.6. The Balaban J connectivity index is 0.930. The molecule has 312 valence electrons. The van der Waals surface area contributed by atoms with Crippen molar-refractivity contribution in [2.75, 3.05) is 32.8 Å². The second kappa shape index (κ2) is 18.0. The van der Waals surface area contributed by atoms with Gasteiger partial charge in [0.15, 0.2) is 0 Å². The number of carbonyl (C=O) groups is 2. The van der Waals surface area contributed by atoms with E-state index in [0.717, 1.165) is 55.7 Å². The largest absolute Gasteiger partial charge is 0.438 e. The van der Waals surface area contributed by atoms with E-state index in [4.69, 9.17) is 9.47 Å². The number of aromatic nitrogens is 1. The first-order chi connectivity index (χ1) is 28.5. The van der Waals surface area contributed by atoms with Crippen LogP contribution >= 0.6 is 0 Å². The average Bonchev–Trinajstić information content (AvgIpc) is 3.66. The number of morpholine rings is 1. The van der Waals surface area contributed by atoms with Gasteiger partial charge in [0.25, 0.3) is 11.8 Å². The van der Waals surface area contributed by atoms with Crippen LogP contribution in [0.25, 0.3) is 11.1 Å². The molecular formula is C46H57FN8O4. The Morgan fingerprint density at radius 1 is 0.966 bits per heavy atom. The molecule has 4 N–H and O–H groups in total. The number of rotatable bonds is 11. The third-order valence-corrected chi connectivity index (χ3v) is 12.1. The van der Waals surface area contributed by atoms with Gasteiger partial charge < -0.3 is 35.6 Å². The van der Waals surface area contributed by atoms with Crippen LogP contribution in [0.3, 0.4) is 0 Å². The smallest absolute Gasteiger partial charge is 0.269 e. The van der Waals surface area contributed by atoms with Gasteiger partial charge in [-0.05, 0) is 106 Å². The van der Waals surface area contributed by atoms with E-state index in [1.54, 1.807) is 0 Å². The summed E-state index contributed by atoms with van der Waals surface area (Å²) in [7, 11) is 0. The summed E-state index contributed by atoms with van der Waals surface area (Å²) in [5, 5.41) is 13.1. The number of nitrogens with zero attached hydrogens (tertiary/aromatic N) is 4. The molecule has 4 atom stereocenters. The average molecular weight is 805 g/mol. The lowest BCUT2D eigenvalue weighted by Crippen LogP contribution is -2.53. The Labute approximate surface area is 346 Å². The SMILES string of the molecule is CC1=CC=CC2NC(C(=O)NC3CCC(NC(=O)c4cc(F)cnc4Oc4cccc(-c5ccc(CN6CC(C)NC(C)C6)cc5CN5CCOCC5C)c4)CC3)=CN12. The molecule has 4 unspecified atom stereocenters. The molecule has 3 fully saturated rings. The molecule has 4 aliphatic heterocycles. The van der Waals surface area contributed by atoms with Crippen molar-refractivity contribution in [3.8, 4) is 22.8 Å². The quantitative estimate of drug-likeness (QED) is 0.190. The van der Waals surface area contributed by atoms with E-state index in [0.29, 0.717) is 68.5 Å². The van der Waals surface area contributed by atoms with E-state index in [-0.39, 0.29) is 35.6 Å². The van der Waals surface area contributed by atoms with Crippen LogP contribution in [0.5, 0.6) is 11.6 Å².